The Balaban J connectivity index is 1.37. The normalized spacial score (nSPS) is 13.3. The van der Waals surface area contributed by atoms with Gasteiger partial charge in [0, 0.05) is 43.5 Å². The number of fused-ring (bicyclic) bond motifs is 1. The average Bonchev–Trinajstić information content (AvgIpc) is 3.11. The topological polar surface area (TPSA) is 97.3 Å². The van der Waals surface area contributed by atoms with Crippen molar-refractivity contribution in [2.24, 2.45) is 0 Å². The van der Waals surface area contributed by atoms with E-state index in [-0.39, 0.29) is 11.8 Å². The lowest BCUT2D eigenvalue weighted by molar-refractivity contribution is 0.0756. The van der Waals surface area contributed by atoms with Gasteiger partial charge < -0.3 is 15.0 Å². The van der Waals surface area contributed by atoms with Gasteiger partial charge in [0.2, 0.25) is 0 Å². The van der Waals surface area contributed by atoms with E-state index in [1.807, 2.05) is 24.3 Å². The Labute approximate surface area is 178 Å². The van der Waals surface area contributed by atoms with Crippen molar-refractivity contribution in [1.82, 2.24) is 25.2 Å². The fourth-order valence-electron chi connectivity index (χ4n) is 3.28. The number of hydrogen-bond donors (Lipinski definition) is 1. The van der Waals surface area contributed by atoms with Gasteiger partial charge in [-0.15, -0.1) is 11.3 Å². The van der Waals surface area contributed by atoms with Gasteiger partial charge in [0.15, 0.2) is 5.01 Å². The van der Waals surface area contributed by atoms with Crippen molar-refractivity contribution < 1.29 is 14.3 Å². The van der Waals surface area contributed by atoms with Crippen LogP contribution < -0.4 is 10.1 Å². The lowest BCUT2D eigenvalue weighted by Gasteiger charge is -2.19. The largest absolute Gasteiger partial charge is 0.497 e. The smallest absolute Gasteiger partial charge is 0.280 e. The molecule has 30 heavy (non-hydrogen) atoms. The number of amides is 2. The standard InChI is InChI=1S/C21H21N5O3S/c1-29-15-4-2-3-14(11-15)12-23-19(27)20-25-16-6-9-26(10-7-18(16)30-20)21(28)17-5-8-22-13-24-17/h2-5,8,11,13H,6-7,9-10,12H2,1H3,(H,23,27). The molecule has 4 rings (SSSR count). The van der Waals surface area contributed by atoms with Crippen LogP contribution in [0.15, 0.2) is 42.9 Å². The van der Waals surface area contributed by atoms with Gasteiger partial charge in [-0.1, -0.05) is 12.1 Å². The molecule has 0 unspecified atom stereocenters. The van der Waals surface area contributed by atoms with Crippen molar-refractivity contribution >= 4 is 23.2 Å². The van der Waals surface area contributed by atoms with Gasteiger partial charge in [0.1, 0.15) is 17.8 Å². The molecule has 0 atom stereocenters. The monoisotopic (exact) mass is 423 g/mol. The van der Waals surface area contributed by atoms with Gasteiger partial charge in [-0.3, -0.25) is 9.59 Å². The van der Waals surface area contributed by atoms with E-state index >= 15 is 0 Å². The fourth-order valence-corrected chi connectivity index (χ4v) is 4.30. The van der Waals surface area contributed by atoms with Gasteiger partial charge in [-0.25, -0.2) is 15.0 Å². The Morgan fingerprint density at radius 3 is 2.90 bits per heavy atom. The summed E-state index contributed by atoms with van der Waals surface area (Å²) in [7, 11) is 1.61. The summed E-state index contributed by atoms with van der Waals surface area (Å²) in [5, 5.41) is 3.37. The molecule has 2 amide bonds. The first-order valence-electron chi connectivity index (χ1n) is 9.59. The van der Waals surface area contributed by atoms with Gasteiger partial charge in [0.25, 0.3) is 11.8 Å². The van der Waals surface area contributed by atoms with Crippen LogP contribution >= 0.6 is 11.3 Å². The van der Waals surface area contributed by atoms with E-state index in [9.17, 15) is 9.59 Å². The van der Waals surface area contributed by atoms with Crippen molar-refractivity contribution in [3.63, 3.8) is 0 Å². The second-order valence-corrected chi connectivity index (χ2v) is 7.89. The molecule has 0 spiro atoms. The molecule has 0 fully saturated rings. The number of benzene rings is 1. The van der Waals surface area contributed by atoms with Crippen molar-refractivity contribution in [2.45, 2.75) is 19.4 Å². The molecule has 1 aliphatic heterocycles. The molecule has 0 saturated heterocycles. The first kappa shape index (κ1) is 20.0. The first-order chi connectivity index (χ1) is 14.6. The average molecular weight is 423 g/mol. The molecule has 3 aromatic rings. The molecule has 1 N–H and O–H groups in total. The summed E-state index contributed by atoms with van der Waals surface area (Å²) in [4.78, 5) is 40.4. The summed E-state index contributed by atoms with van der Waals surface area (Å²) in [6, 6.07) is 9.19. The van der Waals surface area contributed by atoms with Gasteiger partial charge in [0.05, 0.1) is 12.8 Å². The minimum Gasteiger partial charge on any atom is -0.497 e. The molecule has 2 aromatic heterocycles. The van der Waals surface area contributed by atoms with Gasteiger partial charge in [-0.05, 0) is 23.8 Å². The minimum atomic E-state index is -0.190. The van der Waals surface area contributed by atoms with Crippen LogP contribution in [0, 0.1) is 0 Å². The Morgan fingerprint density at radius 2 is 2.10 bits per heavy atom. The summed E-state index contributed by atoms with van der Waals surface area (Å²) >= 11 is 1.40. The first-order valence-corrected chi connectivity index (χ1v) is 10.4. The molecule has 0 saturated carbocycles. The third kappa shape index (κ3) is 4.46. The highest BCUT2D eigenvalue weighted by atomic mass is 32.1. The molecule has 3 heterocycles. The number of ether oxygens (including phenoxy) is 1. The molecule has 0 bridgehead atoms. The number of carbonyl (C=O) groups is 2. The highest BCUT2D eigenvalue weighted by Gasteiger charge is 2.24. The summed E-state index contributed by atoms with van der Waals surface area (Å²) in [5.74, 6) is 0.456. The van der Waals surface area contributed by atoms with Crippen molar-refractivity contribution in [2.75, 3.05) is 20.2 Å². The zero-order valence-corrected chi connectivity index (χ0v) is 17.3. The maximum atomic E-state index is 12.6. The lowest BCUT2D eigenvalue weighted by atomic mass is 10.2. The summed E-state index contributed by atoms with van der Waals surface area (Å²) < 4.78 is 5.21. The quantitative estimate of drug-likeness (QED) is 0.675. The summed E-state index contributed by atoms with van der Waals surface area (Å²) in [6.45, 7) is 1.52. The van der Waals surface area contributed by atoms with E-state index in [1.165, 1.54) is 17.7 Å². The third-order valence-corrected chi connectivity index (χ3v) is 6.03. The maximum absolute atomic E-state index is 12.6. The van der Waals surface area contributed by atoms with Crippen LogP contribution in [0.2, 0.25) is 0 Å². The summed E-state index contributed by atoms with van der Waals surface area (Å²) in [6.07, 6.45) is 4.23. The highest BCUT2D eigenvalue weighted by Crippen LogP contribution is 2.23. The highest BCUT2D eigenvalue weighted by molar-refractivity contribution is 7.13. The molecule has 1 aromatic carbocycles. The number of nitrogens with one attached hydrogen (secondary N) is 1. The molecular formula is C21H21N5O3S. The number of aromatic nitrogens is 3. The minimum absolute atomic E-state index is 0.108. The van der Waals surface area contributed by atoms with Crippen LogP contribution in [-0.4, -0.2) is 51.9 Å². The number of carbonyl (C=O) groups excluding carboxylic acids is 2. The van der Waals surface area contributed by atoms with E-state index in [2.05, 4.69) is 20.3 Å². The van der Waals surface area contributed by atoms with Crippen LogP contribution in [0.4, 0.5) is 0 Å². The van der Waals surface area contributed by atoms with Crippen LogP contribution in [-0.2, 0) is 19.4 Å². The fraction of sp³-hybridized carbons (Fsp3) is 0.286. The van der Waals surface area contributed by atoms with E-state index < -0.39 is 0 Å². The molecule has 0 radical (unpaired) electrons. The van der Waals surface area contributed by atoms with E-state index in [4.69, 9.17) is 4.74 Å². The van der Waals surface area contributed by atoms with Crippen molar-refractivity contribution in [3.8, 4) is 5.75 Å². The van der Waals surface area contributed by atoms with Crippen LogP contribution in [0.25, 0.3) is 0 Å². The zero-order chi connectivity index (χ0) is 20.9. The Hall–Kier alpha value is -3.33. The molecule has 1 aliphatic rings. The predicted molar refractivity (Wildman–Crippen MR) is 112 cm³/mol. The third-order valence-electron chi connectivity index (χ3n) is 4.88. The maximum Gasteiger partial charge on any atom is 0.280 e. The van der Waals surface area contributed by atoms with E-state index in [0.717, 1.165) is 21.9 Å². The molecule has 0 aliphatic carbocycles. The Bertz CT molecular complexity index is 1030. The van der Waals surface area contributed by atoms with E-state index in [0.29, 0.717) is 43.2 Å². The van der Waals surface area contributed by atoms with E-state index in [1.54, 1.807) is 24.3 Å². The SMILES string of the molecule is COc1cccc(CNC(=O)c2nc3c(s2)CCN(C(=O)c2ccncn2)CC3)c1. The second kappa shape index (κ2) is 9.00. The number of methoxy groups -OCH3 is 1. The molecule has 9 heteroatoms. The van der Waals surface area contributed by atoms with Crippen molar-refractivity contribution in [1.29, 1.82) is 0 Å². The Kier molecular flexibility index (Phi) is 5.99. The van der Waals surface area contributed by atoms with Crippen molar-refractivity contribution in [3.05, 3.63) is 69.7 Å². The molecule has 154 valence electrons. The predicted octanol–water partition coefficient (Wildman–Crippen LogP) is 2.11. The summed E-state index contributed by atoms with van der Waals surface area (Å²) in [5.41, 5.74) is 2.24. The van der Waals surface area contributed by atoms with Crippen LogP contribution in [0.3, 0.4) is 0 Å². The number of rotatable bonds is 5. The van der Waals surface area contributed by atoms with Crippen LogP contribution in [0.5, 0.6) is 5.75 Å². The molecule has 8 nitrogen and oxygen atoms in total. The Morgan fingerprint density at radius 1 is 1.23 bits per heavy atom. The second-order valence-electron chi connectivity index (χ2n) is 6.81. The zero-order valence-electron chi connectivity index (χ0n) is 16.5. The lowest BCUT2D eigenvalue weighted by Crippen LogP contribution is -2.34. The van der Waals surface area contributed by atoms with Crippen LogP contribution in [0.1, 0.15) is 36.4 Å². The molecular weight excluding hydrogens is 402 g/mol. The number of nitrogens with zero attached hydrogens (tertiary/aromatic N) is 4. The number of thiazole rings is 1. The van der Waals surface area contributed by atoms with Gasteiger partial charge >= 0.3 is 0 Å². The van der Waals surface area contributed by atoms with Gasteiger partial charge in [-0.2, -0.15) is 0 Å². The number of hydrogen-bond acceptors (Lipinski definition) is 7.